The lowest BCUT2D eigenvalue weighted by Crippen LogP contribution is -2.51. The van der Waals surface area contributed by atoms with E-state index in [2.05, 4.69) is 32.3 Å². The molecule has 0 aromatic rings. The van der Waals surface area contributed by atoms with Crippen LogP contribution in [0.5, 0.6) is 0 Å². The summed E-state index contributed by atoms with van der Waals surface area (Å²) in [5.41, 5.74) is 0. The van der Waals surface area contributed by atoms with Gasteiger partial charge in [-0.05, 0) is 24.2 Å². The molecule has 0 saturated carbocycles. The Morgan fingerprint density at radius 3 is 1.55 bits per heavy atom. The van der Waals surface area contributed by atoms with Crippen molar-refractivity contribution in [2.75, 3.05) is 0 Å². The van der Waals surface area contributed by atoms with E-state index in [1.165, 1.54) is 6.42 Å². The molecule has 1 fully saturated rings. The third kappa shape index (κ3) is 2.06. The maximum absolute atomic E-state index is 2.78. The summed E-state index contributed by atoms with van der Waals surface area (Å²) in [5.74, 6) is 0. The van der Waals surface area contributed by atoms with Crippen molar-refractivity contribution in [2.45, 2.75) is 58.3 Å². The molecule has 1 aliphatic heterocycles. The molecule has 0 aromatic carbocycles. The monoisotopic (exact) mass is 171 g/mol. The van der Waals surface area contributed by atoms with Crippen LogP contribution in [0.2, 0.25) is 12.1 Å². The van der Waals surface area contributed by atoms with E-state index in [9.17, 15) is 0 Å². The summed E-state index contributed by atoms with van der Waals surface area (Å²) in [6.45, 7) is 9.35. The second-order valence-electron chi connectivity index (χ2n) is 4.22. The van der Waals surface area contributed by atoms with Crippen molar-refractivity contribution in [3.05, 3.63) is 0 Å². The van der Waals surface area contributed by atoms with Gasteiger partial charge in [0.1, 0.15) is 8.96 Å². The van der Waals surface area contributed by atoms with Crippen LogP contribution < -0.4 is 0 Å². The third-order valence-electron chi connectivity index (χ3n) is 2.69. The van der Waals surface area contributed by atoms with E-state index in [0.717, 1.165) is 12.1 Å². The standard InChI is InChI=1S/C9H21NSi/c1-8(2)10(9(3)4)11-6-5-7-11/h8-9,11H,5-7H2,1-4H3. The lowest BCUT2D eigenvalue weighted by molar-refractivity contribution is 0.294. The quantitative estimate of drug-likeness (QED) is 0.589. The number of hydrogen-bond acceptors (Lipinski definition) is 1. The molecule has 0 amide bonds. The fourth-order valence-electron chi connectivity index (χ4n) is 2.12. The van der Waals surface area contributed by atoms with Crippen LogP contribution in [0.4, 0.5) is 0 Å². The first-order valence-corrected chi connectivity index (χ1v) is 7.05. The Bertz CT molecular complexity index is 111. The zero-order valence-corrected chi connectivity index (χ0v) is 9.46. The van der Waals surface area contributed by atoms with Crippen molar-refractivity contribution in [1.82, 2.24) is 4.57 Å². The van der Waals surface area contributed by atoms with Gasteiger partial charge in [-0.25, -0.2) is 0 Å². The van der Waals surface area contributed by atoms with Crippen LogP contribution >= 0.6 is 0 Å². The van der Waals surface area contributed by atoms with E-state index >= 15 is 0 Å². The zero-order valence-electron chi connectivity index (χ0n) is 8.30. The van der Waals surface area contributed by atoms with Crippen molar-refractivity contribution in [3.63, 3.8) is 0 Å². The molecule has 0 aromatic heterocycles. The van der Waals surface area contributed by atoms with Gasteiger partial charge < -0.3 is 4.57 Å². The molecule has 0 unspecified atom stereocenters. The molecular formula is C9H21NSi. The summed E-state index contributed by atoms with van der Waals surface area (Å²) >= 11 is 0. The highest BCUT2D eigenvalue weighted by Crippen LogP contribution is 2.26. The normalized spacial score (nSPS) is 19.9. The molecular weight excluding hydrogens is 150 g/mol. The maximum atomic E-state index is 2.78. The smallest absolute Gasteiger partial charge is 0.112 e. The number of hydrogen-bond donors (Lipinski definition) is 0. The van der Waals surface area contributed by atoms with E-state index in [1.54, 1.807) is 12.1 Å². The van der Waals surface area contributed by atoms with Crippen molar-refractivity contribution in [1.29, 1.82) is 0 Å². The molecule has 1 rings (SSSR count). The SMILES string of the molecule is CC(C)N(C(C)C)[SiH]1CCC1. The first-order valence-electron chi connectivity index (χ1n) is 4.90. The number of rotatable bonds is 3. The predicted molar refractivity (Wildman–Crippen MR) is 53.5 cm³/mol. The van der Waals surface area contributed by atoms with Gasteiger partial charge in [-0.1, -0.05) is 34.1 Å². The Balaban J connectivity index is 2.44. The highest BCUT2D eigenvalue weighted by atomic mass is 28.3. The fourth-order valence-corrected chi connectivity index (χ4v) is 5.18. The van der Waals surface area contributed by atoms with Crippen LogP contribution in [0.15, 0.2) is 0 Å². The Labute approximate surface area is 72.5 Å². The lowest BCUT2D eigenvalue weighted by Gasteiger charge is -2.42. The highest BCUT2D eigenvalue weighted by Gasteiger charge is 2.29. The molecule has 1 heterocycles. The van der Waals surface area contributed by atoms with Crippen molar-refractivity contribution in [2.24, 2.45) is 0 Å². The van der Waals surface area contributed by atoms with Gasteiger partial charge in [0.2, 0.25) is 0 Å². The third-order valence-corrected chi connectivity index (χ3v) is 6.87. The van der Waals surface area contributed by atoms with E-state index in [-0.39, 0.29) is 0 Å². The minimum Gasteiger partial charge on any atom is -0.322 e. The minimum atomic E-state index is -0.398. The largest absolute Gasteiger partial charge is 0.322 e. The summed E-state index contributed by atoms with van der Waals surface area (Å²) in [6.07, 6.45) is 1.51. The highest BCUT2D eigenvalue weighted by molar-refractivity contribution is 6.58. The molecule has 2 heteroatoms. The van der Waals surface area contributed by atoms with Crippen LogP contribution in [0.3, 0.4) is 0 Å². The summed E-state index contributed by atoms with van der Waals surface area (Å²) in [4.78, 5) is 0. The van der Waals surface area contributed by atoms with E-state index < -0.39 is 8.96 Å². The Morgan fingerprint density at radius 2 is 1.45 bits per heavy atom. The van der Waals surface area contributed by atoms with Gasteiger partial charge in [-0.2, -0.15) is 0 Å². The zero-order chi connectivity index (χ0) is 8.43. The Kier molecular flexibility index (Phi) is 3.13. The molecule has 66 valence electrons. The van der Waals surface area contributed by atoms with Crippen molar-refractivity contribution in [3.8, 4) is 0 Å². The number of nitrogens with zero attached hydrogens (tertiary/aromatic N) is 1. The van der Waals surface area contributed by atoms with Gasteiger partial charge in [-0.3, -0.25) is 0 Å². The molecule has 0 atom stereocenters. The topological polar surface area (TPSA) is 3.24 Å². The predicted octanol–water partition coefficient (Wildman–Crippen LogP) is 2.23. The summed E-state index contributed by atoms with van der Waals surface area (Å²) in [5, 5.41) is 0. The fraction of sp³-hybridized carbons (Fsp3) is 1.00. The van der Waals surface area contributed by atoms with Crippen LogP contribution in [0.25, 0.3) is 0 Å². The van der Waals surface area contributed by atoms with Gasteiger partial charge in [0.05, 0.1) is 0 Å². The summed E-state index contributed by atoms with van der Waals surface area (Å²) < 4.78 is 2.78. The molecule has 0 aliphatic carbocycles. The Hall–Kier alpha value is 0.177. The van der Waals surface area contributed by atoms with E-state index in [4.69, 9.17) is 0 Å². The van der Waals surface area contributed by atoms with Gasteiger partial charge in [-0.15, -0.1) is 0 Å². The molecule has 0 spiro atoms. The average Bonchev–Trinajstić information content (AvgIpc) is 1.75. The maximum Gasteiger partial charge on any atom is 0.112 e. The first-order chi connectivity index (χ1) is 5.13. The molecule has 11 heavy (non-hydrogen) atoms. The second-order valence-corrected chi connectivity index (χ2v) is 7.28. The Morgan fingerprint density at radius 1 is 1.00 bits per heavy atom. The van der Waals surface area contributed by atoms with Crippen LogP contribution in [0.1, 0.15) is 34.1 Å². The van der Waals surface area contributed by atoms with Gasteiger partial charge >= 0.3 is 0 Å². The lowest BCUT2D eigenvalue weighted by atomic mass is 10.3. The second kappa shape index (κ2) is 3.72. The van der Waals surface area contributed by atoms with Gasteiger partial charge in [0.15, 0.2) is 0 Å². The van der Waals surface area contributed by atoms with Crippen LogP contribution in [-0.2, 0) is 0 Å². The molecule has 1 saturated heterocycles. The van der Waals surface area contributed by atoms with Gasteiger partial charge in [0, 0.05) is 0 Å². The van der Waals surface area contributed by atoms with E-state index in [1.807, 2.05) is 0 Å². The molecule has 1 aliphatic rings. The van der Waals surface area contributed by atoms with Gasteiger partial charge in [0.25, 0.3) is 0 Å². The minimum absolute atomic E-state index is 0.398. The molecule has 1 nitrogen and oxygen atoms in total. The first kappa shape index (κ1) is 9.27. The van der Waals surface area contributed by atoms with Crippen molar-refractivity contribution >= 4 is 8.96 Å². The average molecular weight is 171 g/mol. The van der Waals surface area contributed by atoms with Crippen LogP contribution in [-0.4, -0.2) is 25.6 Å². The summed E-state index contributed by atoms with van der Waals surface area (Å²) in [7, 11) is -0.398. The molecule has 0 radical (unpaired) electrons. The van der Waals surface area contributed by atoms with Crippen molar-refractivity contribution < 1.29 is 0 Å². The van der Waals surface area contributed by atoms with E-state index in [0.29, 0.717) is 0 Å². The molecule has 0 N–H and O–H groups in total. The summed E-state index contributed by atoms with van der Waals surface area (Å²) in [6, 6.07) is 4.70. The molecule has 0 bridgehead atoms. The van der Waals surface area contributed by atoms with Crippen LogP contribution in [0, 0.1) is 0 Å².